The van der Waals surface area contributed by atoms with Gasteiger partial charge in [0.15, 0.2) is 5.82 Å². The lowest BCUT2D eigenvalue weighted by Crippen LogP contribution is -2.31. The first-order valence-electron chi connectivity index (χ1n) is 5.62. The Morgan fingerprint density at radius 1 is 1.56 bits per heavy atom. The third-order valence-electron chi connectivity index (χ3n) is 2.52. The van der Waals surface area contributed by atoms with Crippen LogP contribution in [0.25, 0.3) is 0 Å². The summed E-state index contributed by atoms with van der Waals surface area (Å²) in [6.45, 7) is 4.40. The summed E-state index contributed by atoms with van der Waals surface area (Å²) >= 11 is 0. The number of nitrogens with zero attached hydrogens (tertiary/aromatic N) is 3. The number of rotatable bonds is 6. The largest absolute Gasteiger partial charge is 0.355 e. The summed E-state index contributed by atoms with van der Waals surface area (Å²) in [5, 5.41) is 3.08. The lowest BCUT2D eigenvalue weighted by molar-refractivity contribution is 0.685. The highest BCUT2D eigenvalue weighted by Crippen LogP contribution is 2.00. The van der Waals surface area contributed by atoms with Gasteiger partial charge in [-0.3, -0.25) is 4.79 Å². The van der Waals surface area contributed by atoms with Gasteiger partial charge in [0.05, 0.1) is 0 Å². The van der Waals surface area contributed by atoms with Gasteiger partial charge in [0.2, 0.25) is 0 Å². The highest BCUT2D eigenvalue weighted by atomic mass is 16.1. The SMILES string of the molecule is CCn1ccnc(N(C)CCCNC)c1=O. The minimum absolute atomic E-state index is 0.0167. The predicted molar refractivity (Wildman–Crippen MR) is 66.0 cm³/mol. The van der Waals surface area contributed by atoms with Crippen LogP contribution in [0.4, 0.5) is 5.82 Å². The third-order valence-corrected chi connectivity index (χ3v) is 2.52. The van der Waals surface area contributed by atoms with E-state index in [4.69, 9.17) is 0 Å². The van der Waals surface area contributed by atoms with Crippen LogP contribution in [0.15, 0.2) is 17.2 Å². The maximum Gasteiger partial charge on any atom is 0.293 e. The Kier molecular flexibility index (Phi) is 4.98. The van der Waals surface area contributed by atoms with E-state index in [1.807, 2.05) is 25.9 Å². The van der Waals surface area contributed by atoms with Gasteiger partial charge >= 0.3 is 0 Å². The summed E-state index contributed by atoms with van der Waals surface area (Å²) < 4.78 is 1.66. The minimum Gasteiger partial charge on any atom is -0.355 e. The molecule has 0 aliphatic heterocycles. The van der Waals surface area contributed by atoms with E-state index in [9.17, 15) is 4.79 Å². The standard InChI is InChI=1S/C11H20N4O/c1-4-15-9-7-13-10(11(15)16)14(3)8-5-6-12-2/h7,9,12H,4-6,8H2,1-3H3. The number of nitrogens with one attached hydrogen (secondary N) is 1. The molecule has 0 unspecified atom stereocenters. The number of hydrogen-bond donors (Lipinski definition) is 1. The molecule has 0 atom stereocenters. The Morgan fingerprint density at radius 2 is 2.31 bits per heavy atom. The van der Waals surface area contributed by atoms with E-state index in [1.54, 1.807) is 17.0 Å². The Hall–Kier alpha value is -1.36. The van der Waals surface area contributed by atoms with Crippen molar-refractivity contribution in [2.45, 2.75) is 19.9 Å². The molecule has 0 aromatic carbocycles. The Morgan fingerprint density at radius 3 is 2.94 bits per heavy atom. The van der Waals surface area contributed by atoms with Gasteiger partial charge in [0.25, 0.3) is 5.56 Å². The first-order valence-corrected chi connectivity index (χ1v) is 5.62. The summed E-state index contributed by atoms with van der Waals surface area (Å²) in [6.07, 6.45) is 4.39. The van der Waals surface area contributed by atoms with Gasteiger partial charge in [0.1, 0.15) is 0 Å². The molecule has 0 saturated carbocycles. The van der Waals surface area contributed by atoms with E-state index in [0.717, 1.165) is 19.5 Å². The first-order chi connectivity index (χ1) is 7.70. The molecule has 16 heavy (non-hydrogen) atoms. The molecule has 0 spiro atoms. The zero-order valence-electron chi connectivity index (χ0n) is 10.2. The minimum atomic E-state index is -0.0167. The van der Waals surface area contributed by atoms with Crippen LogP contribution in [-0.2, 0) is 6.54 Å². The van der Waals surface area contributed by atoms with Crippen LogP contribution >= 0.6 is 0 Å². The number of aryl methyl sites for hydroxylation is 1. The second-order valence-electron chi connectivity index (χ2n) is 3.72. The molecule has 1 rings (SSSR count). The lowest BCUT2D eigenvalue weighted by Gasteiger charge is -2.17. The molecule has 90 valence electrons. The Labute approximate surface area is 96.1 Å². The Bertz CT molecular complexity index is 374. The summed E-state index contributed by atoms with van der Waals surface area (Å²) in [4.78, 5) is 18.0. The summed E-state index contributed by atoms with van der Waals surface area (Å²) in [6, 6.07) is 0. The third kappa shape index (κ3) is 3.06. The summed E-state index contributed by atoms with van der Waals surface area (Å²) in [5.74, 6) is 0.528. The smallest absolute Gasteiger partial charge is 0.293 e. The molecule has 1 heterocycles. The number of aromatic nitrogens is 2. The number of hydrogen-bond acceptors (Lipinski definition) is 4. The Balaban J connectivity index is 2.75. The van der Waals surface area contributed by atoms with Crippen molar-refractivity contribution in [2.75, 3.05) is 32.1 Å². The maximum absolute atomic E-state index is 11.9. The van der Waals surface area contributed by atoms with Crippen LogP contribution in [0, 0.1) is 0 Å². The summed E-state index contributed by atoms with van der Waals surface area (Å²) in [7, 11) is 3.82. The van der Waals surface area contributed by atoms with Gasteiger partial charge in [-0.15, -0.1) is 0 Å². The van der Waals surface area contributed by atoms with Crippen molar-refractivity contribution in [3.05, 3.63) is 22.7 Å². The van der Waals surface area contributed by atoms with Gasteiger partial charge in [-0.1, -0.05) is 0 Å². The van der Waals surface area contributed by atoms with E-state index in [0.29, 0.717) is 12.4 Å². The highest BCUT2D eigenvalue weighted by Gasteiger charge is 2.08. The molecule has 5 nitrogen and oxygen atoms in total. The van der Waals surface area contributed by atoms with Crippen molar-refractivity contribution in [3.8, 4) is 0 Å². The highest BCUT2D eigenvalue weighted by molar-refractivity contribution is 5.33. The molecular weight excluding hydrogens is 204 g/mol. The topological polar surface area (TPSA) is 50.2 Å². The van der Waals surface area contributed by atoms with Crippen molar-refractivity contribution in [2.24, 2.45) is 0 Å². The average molecular weight is 224 g/mol. The molecule has 0 fully saturated rings. The van der Waals surface area contributed by atoms with Crippen molar-refractivity contribution in [1.82, 2.24) is 14.9 Å². The van der Waals surface area contributed by atoms with E-state index >= 15 is 0 Å². The lowest BCUT2D eigenvalue weighted by atomic mass is 10.4. The van der Waals surface area contributed by atoms with Crippen LogP contribution in [0.5, 0.6) is 0 Å². The molecule has 5 heteroatoms. The van der Waals surface area contributed by atoms with E-state index in [2.05, 4.69) is 10.3 Å². The zero-order valence-corrected chi connectivity index (χ0v) is 10.2. The van der Waals surface area contributed by atoms with Crippen LogP contribution < -0.4 is 15.8 Å². The van der Waals surface area contributed by atoms with Crippen molar-refractivity contribution in [3.63, 3.8) is 0 Å². The maximum atomic E-state index is 11.9. The van der Waals surface area contributed by atoms with Gasteiger partial charge in [-0.2, -0.15) is 0 Å². The monoisotopic (exact) mass is 224 g/mol. The zero-order chi connectivity index (χ0) is 12.0. The molecule has 0 amide bonds. The van der Waals surface area contributed by atoms with Crippen LogP contribution in [0.1, 0.15) is 13.3 Å². The van der Waals surface area contributed by atoms with E-state index in [-0.39, 0.29) is 5.56 Å². The fraction of sp³-hybridized carbons (Fsp3) is 0.636. The van der Waals surface area contributed by atoms with Gasteiger partial charge in [-0.05, 0) is 26.9 Å². The van der Waals surface area contributed by atoms with Crippen LogP contribution in [-0.4, -0.2) is 36.7 Å². The normalized spacial score (nSPS) is 10.4. The first kappa shape index (κ1) is 12.7. The van der Waals surface area contributed by atoms with Crippen molar-refractivity contribution < 1.29 is 0 Å². The van der Waals surface area contributed by atoms with Crippen LogP contribution in [0.3, 0.4) is 0 Å². The fourth-order valence-electron chi connectivity index (χ4n) is 1.55. The fourth-order valence-corrected chi connectivity index (χ4v) is 1.55. The van der Waals surface area contributed by atoms with Gasteiger partial charge in [0, 0.05) is 32.5 Å². The quantitative estimate of drug-likeness (QED) is 0.707. The summed E-state index contributed by atoms with van der Waals surface area (Å²) in [5.41, 5.74) is -0.0167. The molecular formula is C11H20N4O. The second kappa shape index (κ2) is 6.27. The molecule has 0 aliphatic carbocycles. The molecule has 1 aromatic heterocycles. The molecule has 0 radical (unpaired) electrons. The second-order valence-corrected chi connectivity index (χ2v) is 3.72. The average Bonchev–Trinajstić information content (AvgIpc) is 2.29. The van der Waals surface area contributed by atoms with E-state index in [1.165, 1.54) is 0 Å². The molecule has 0 bridgehead atoms. The van der Waals surface area contributed by atoms with Gasteiger partial charge < -0.3 is 14.8 Å². The van der Waals surface area contributed by atoms with Crippen molar-refractivity contribution in [1.29, 1.82) is 0 Å². The predicted octanol–water partition coefficient (Wildman–Crippen LogP) is 0.309. The molecule has 1 N–H and O–H groups in total. The molecule has 0 saturated heterocycles. The number of anilines is 1. The molecule has 0 aliphatic rings. The van der Waals surface area contributed by atoms with E-state index < -0.39 is 0 Å². The van der Waals surface area contributed by atoms with Crippen molar-refractivity contribution >= 4 is 5.82 Å². The van der Waals surface area contributed by atoms with Gasteiger partial charge in [-0.25, -0.2) is 4.98 Å². The molecule has 1 aromatic rings. The van der Waals surface area contributed by atoms with Crippen LogP contribution in [0.2, 0.25) is 0 Å².